The van der Waals surface area contributed by atoms with Gasteiger partial charge in [-0.05, 0) is 12.9 Å². The van der Waals surface area contributed by atoms with E-state index in [2.05, 4.69) is 30.4 Å². The molecule has 0 radical (unpaired) electrons. The fourth-order valence-electron chi connectivity index (χ4n) is 0.397. The molecule has 0 heterocycles. The third-order valence-corrected chi connectivity index (χ3v) is 2.34. The molecule has 6 heteroatoms. The van der Waals surface area contributed by atoms with Crippen LogP contribution in [0.1, 0.15) is 13.8 Å². The van der Waals surface area contributed by atoms with E-state index in [0.717, 1.165) is 25.4 Å². The predicted molar refractivity (Wildman–Crippen MR) is 49.3 cm³/mol. The SMILES string of the molecule is CCN(CC)SOSOS. The first-order valence-corrected chi connectivity index (χ1v) is 4.64. The summed E-state index contributed by atoms with van der Waals surface area (Å²) in [5.41, 5.74) is 0. The molecule has 0 atom stereocenters. The van der Waals surface area contributed by atoms with Crippen LogP contribution in [0.3, 0.4) is 0 Å². The molecule has 0 saturated heterocycles. The quantitative estimate of drug-likeness (QED) is 0.307. The van der Waals surface area contributed by atoms with E-state index in [-0.39, 0.29) is 0 Å². The van der Waals surface area contributed by atoms with Crippen LogP contribution < -0.4 is 0 Å². The van der Waals surface area contributed by atoms with Gasteiger partial charge in [0.2, 0.25) is 0 Å². The lowest BCUT2D eigenvalue weighted by Gasteiger charge is -2.12. The zero-order valence-corrected chi connectivity index (χ0v) is 8.47. The summed E-state index contributed by atoms with van der Waals surface area (Å²) in [6.07, 6.45) is 0. The maximum absolute atomic E-state index is 4.89. The average molecular weight is 201 g/mol. The van der Waals surface area contributed by atoms with Crippen molar-refractivity contribution >= 4 is 37.5 Å². The van der Waals surface area contributed by atoms with Gasteiger partial charge in [0.15, 0.2) is 12.3 Å². The lowest BCUT2D eigenvalue weighted by molar-refractivity contribution is 0.489. The second-order valence-electron chi connectivity index (χ2n) is 1.40. The van der Waals surface area contributed by atoms with Crippen LogP contribution in [0.4, 0.5) is 0 Å². The molecule has 0 spiro atoms. The second kappa shape index (κ2) is 8.03. The molecular formula is C4H11NO2S3. The highest BCUT2D eigenvalue weighted by atomic mass is 32.3. The van der Waals surface area contributed by atoms with E-state index in [1.54, 1.807) is 0 Å². The molecule has 0 aliphatic carbocycles. The van der Waals surface area contributed by atoms with Gasteiger partial charge in [0.25, 0.3) is 0 Å². The molecule has 10 heavy (non-hydrogen) atoms. The van der Waals surface area contributed by atoms with Gasteiger partial charge in [-0.1, -0.05) is 13.8 Å². The van der Waals surface area contributed by atoms with E-state index in [4.69, 9.17) is 3.63 Å². The molecule has 0 bridgehead atoms. The Morgan fingerprint density at radius 2 is 2.00 bits per heavy atom. The Morgan fingerprint density at radius 1 is 1.40 bits per heavy atom. The topological polar surface area (TPSA) is 21.7 Å². The molecular weight excluding hydrogens is 190 g/mol. The van der Waals surface area contributed by atoms with Gasteiger partial charge in [0.05, 0.1) is 12.2 Å². The minimum absolute atomic E-state index is 0.853. The van der Waals surface area contributed by atoms with E-state index >= 15 is 0 Å². The maximum Gasteiger partial charge on any atom is 0.185 e. The van der Waals surface area contributed by atoms with E-state index < -0.39 is 0 Å². The lowest BCUT2D eigenvalue weighted by atomic mass is 10.7. The molecule has 0 aliphatic heterocycles. The molecule has 0 aromatic rings. The third-order valence-electron chi connectivity index (χ3n) is 0.899. The van der Waals surface area contributed by atoms with Crippen LogP contribution in [0.2, 0.25) is 0 Å². The number of thiol groups is 1. The first kappa shape index (κ1) is 10.9. The first-order valence-electron chi connectivity index (χ1n) is 2.91. The monoisotopic (exact) mass is 201 g/mol. The fourth-order valence-corrected chi connectivity index (χ4v) is 1.37. The van der Waals surface area contributed by atoms with E-state index in [9.17, 15) is 0 Å². The summed E-state index contributed by atoms with van der Waals surface area (Å²) < 4.78 is 11.3. The Bertz CT molecular complexity index is 71.5. The predicted octanol–water partition coefficient (Wildman–Crippen LogP) is 2.33. The van der Waals surface area contributed by atoms with Crippen LogP contribution in [0.15, 0.2) is 0 Å². The Hall–Kier alpha value is 0.930. The van der Waals surface area contributed by atoms with Gasteiger partial charge in [-0.15, -0.1) is 0 Å². The molecule has 0 unspecified atom stereocenters. The fraction of sp³-hybridized carbons (Fsp3) is 1.00. The largest absolute Gasteiger partial charge is 0.226 e. The number of hydrogen-bond donors (Lipinski definition) is 1. The summed E-state index contributed by atoms with van der Waals surface area (Å²) in [6, 6.07) is 0. The van der Waals surface area contributed by atoms with Crippen molar-refractivity contribution < 1.29 is 7.26 Å². The van der Waals surface area contributed by atoms with Gasteiger partial charge in [0.1, 0.15) is 0 Å². The van der Waals surface area contributed by atoms with Gasteiger partial charge in [-0.25, -0.2) is 11.6 Å². The highest BCUT2D eigenvalue weighted by Crippen LogP contribution is 2.19. The average Bonchev–Trinajstić information content (AvgIpc) is 1.99. The van der Waals surface area contributed by atoms with Gasteiger partial charge < -0.3 is 0 Å². The molecule has 62 valence electrons. The summed E-state index contributed by atoms with van der Waals surface area (Å²) in [5, 5.41) is 0. The molecule has 0 saturated carbocycles. The Balaban J connectivity index is 3.09. The van der Waals surface area contributed by atoms with Crippen LogP contribution in [-0.4, -0.2) is 17.4 Å². The molecule has 0 fully saturated rings. The van der Waals surface area contributed by atoms with Crippen molar-refractivity contribution in [3.63, 3.8) is 0 Å². The molecule has 0 aromatic heterocycles. The maximum atomic E-state index is 4.89. The Labute approximate surface area is 76.2 Å². The zero-order chi connectivity index (χ0) is 7.82. The summed E-state index contributed by atoms with van der Waals surface area (Å²) in [6.45, 7) is 6.03. The van der Waals surface area contributed by atoms with Crippen LogP contribution in [0.25, 0.3) is 0 Å². The minimum atomic E-state index is 0.853. The zero-order valence-electron chi connectivity index (χ0n) is 5.94. The van der Waals surface area contributed by atoms with Crippen molar-refractivity contribution in [2.24, 2.45) is 0 Å². The van der Waals surface area contributed by atoms with E-state index in [1.165, 1.54) is 12.2 Å². The molecule has 0 aliphatic rings. The van der Waals surface area contributed by atoms with Gasteiger partial charge in [0, 0.05) is 13.1 Å². The summed E-state index contributed by atoms with van der Waals surface area (Å²) >= 11 is 5.61. The standard InChI is InChI=1S/C4H11NO2S3/c1-3-5(4-2)9-7-10-6-8/h8H,3-4H2,1-2H3. The van der Waals surface area contributed by atoms with Crippen LogP contribution in [0, 0.1) is 0 Å². The van der Waals surface area contributed by atoms with E-state index in [1.807, 2.05) is 4.31 Å². The van der Waals surface area contributed by atoms with Crippen molar-refractivity contribution in [1.82, 2.24) is 4.31 Å². The lowest BCUT2D eigenvalue weighted by Crippen LogP contribution is -2.13. The molecule has 0 N–H and O–H groups in total. The van der Waals surface area contributed by atoms with Crippen LogP contribution >= 0.6 is 37.5 Å². The van der Waals surface area contributed by atoms with Crippen molar-refractivity contribution in [1.29, 1.82) is 0 Å². The van der Waals surface area contributed by atoms with Crippen LogP contribution in [0.5, 0.6) is 0 Å². The first-order chi connectivity index (χ1) is 4.85. The van der Waals surface area contributed by atoms with Gasteiger partial charge >= 0.3 is 0 Å². The summed E-state index contributed by atoms with van der Waals surface area (Å²) in [4.78, 5) is 0. The number of nitrogens with zero attached hydrogens (tertiary/aromatic N) is 1. The molecule has 0 aromatic carbocycles. The van der Waals surface area contributed by atoms with Crippen molar-refractivity contribution in [2.75, 3.05) is 13.1 Å². The van der Waals surface area contributed by atoms with E-state index in [0.29, 0.717) is 0 Å². The van der Waals surface area contributed by atoms with Gasteiger partial charge in [-0.3, -0.25) is 0 Å². The normalized spacial score (nSPS) is 10.8. The van der Waals surface area contributed by atoms with Crippen LogP contribution in [-0.2, 0) is 7.26 Å². The highest BCUT2D eigenvalue weighted by Gasteiger charge is 1.99. The van der Waals surface area contributed by atoms with Gasteiger partial charge in [-0.2, -0.15) is 0 Å². The smallest absolute Gasteiger partial charge is 0.185 e. The molecule has 0 rings (SSSR count). The number of hydrogen-bond acceptors (Lipinski definition) is 6. The van der Waals surface area contributed by atoms with Crippen molar-refractivity contribution in [2.45, 2.75) is 13.8 Å². The third kappa shape index (κ3) is 5.70. The second-order valence-corrected chi connectivity index (χ2v) is 3.34. The Morgan fingerprint density at radius 3 is 2.40 bits per heavy atom. The molecule has 3 nitrogen and oxygen atoms in total. The number of rotatable bonds is 6. The highest BCUT2D eigenvalue weighted by molar-refractivity contribution is 8.07. The summed E-state index contributed by atoms with van der Waals surface area (Å²) in [7, 11) is 0. The van der Waals surface area contributed by atoms with Crippen molar-refractivity contribution in [3.8, 4) is 0 Å². The van der Waals surface area contributed by atoms with Crippen molar-refractivity contribution in [3.05, 3.63) is 0 Å². The Kier molecular flexibility index (Phi) is 8.78. The molecule has 0 amide bonds. The minimum Gasteiger partial charge on any atom is -0.226 e. The summed E-state index contributed by atoms with van der Waals surface area (Å²) in [5.74, 6) is 0.